The number of hydrogen-bond acceptors (Lipinski definition) is 6. The molecule has 1 amide bonds. The fourth-order valence-electron chi connectivity index (χ4n) is 4.99. The number of aromatic nitrogens is 3. The Labute approximate surface area is 237 Å². The molecule has 1 unspecified atom stereocenters. The number of benzene rings is 3. The summed E-state index contributed by atoms with van der Waals surface area (Å²) in [7, 11) is 0. The normalized spacial score (nSPS) is 13.2. The minimum atomic E-state index is -0.411. The van der Waals surface area contributed by atoms with E-state index in [0.29, 0.717) is 48.6 Å². The maximum Gasteiger partial charge on any atom is 0.261 e. The van der Waals surface area contributed by atoms with Crippen LogP contribution in [0.25, 0.3) is 0 Å². The van der Waals surface area contributed by atoms with Crippen molar-refractivity contribution in [3.05, 3.63) is 132 Å². The number of nitrogens with one attached hydrogen (secondary N) is 1. The van der Waals surface area contributed by atoms with Gasteiger partial charge in [0.1, 0.15) is 23.2 Å². The number of hydrogen-bond donors (Lipinski definition) is 1. The predicted molar refractivity (Wildman–Crippen MR) is 154 cm³/mol. The van der Waals surface area contributed by atoms with Gasteiger partial charge in [0.05, 0.1) is 18.6 Å². The molecule has 3 aromatic carbocycles. The van der Waals surface area contributed by atoms with Gasteiger partial charge in [0.15, 0.2) is 5.78 Å². The number of rotatable bonds is 9. The highest BCUT2D eigenvalue weighted by molar-refractivity contribution is 6.09. The van der Waals surface area contributed by atoms with Crippen molar-refractivity contribution in [3.63, 3.8) is 0 Å². The fourth-order valence-corrected chi connectivity index (χ4v) is 4.99. The third-order valence-corrected chi connectivity index (χ3v) is 6.99. The van der Waals surface area contributed by atoms with Crippen molar-refractivity contribution in [2.45, 2.75) is 31.9 Å². The van der Waals surface area contributed by atoms with Crippen LogP contribution in [0, 0.1) is 0 Å². The lowest BCUT2D eigenvalue weighted by Crippen LogP contribution is -2.21. The molecule has 0 fully saturated rings. The topological polar surface area (TPSA) is 95.3 Å². The lowest BCUT2D eigenvalue weighted by Gasteiger charge is -2.26. The van der Waals surface area contributed by atoms with Crippen LogP contribution in [0.5, 0.6) is 17.4 Å². The Balaban J connectivity index is 1.37. The molecule has 5 aromatic rings. The molecule has 6 rings (SSSR count). The number of ketones is 1. The maximum atomic E-state index is 13.8. The molecule has 204 valence electrons. The third-order valence-electron chi connectivity index (χ3n) is 6.99. The quantitative estimate of drug-likeness (QED) is 0.223. The summed E-state index contributed by atoms with van der Waals surface area (Å²) in [6.07, 6.45) is 8.36. The summed E-state index contributed by atoms with van der Waals surface area (Å²) in [6, 6.07) is 26.0. The number of carbonyl (C=O) groups excluding carboxylic acids is 2. The molecule has 1 N–H and O–H groups in total. The third kappa shape index (κ3) is 5.86. The Morgan fingerprint density at radius 2 is 1.73 bits per heavy atom. The van der Waals surface area contributed by atoms with E-state index >= 15 is 0 Å². The van der Waals surface area contributed by atoms with Gasteiger partial charge in [0.25, 0.3) is 5.91 Å². The molecule has 0 saturated heterocycles. The van der Waals surface area contributed by atoms with E-state index < -0.39 is 5.91 Å². The minimum absolute atomic E-state index is 0.0563. The van der Waals surface area contributed by atoms with E-state index in [1.54, 1.807) is 55.1 Å². The minimum Gasteiger partial charge on any atom is -0.482 e. The van der Waals surface area contributed by atoms with Gasteiger partial charge < -0.3 is 19.4 Å². The molecule has 0 radical (unpaired) electrons. The number of fused-ring (bicyclic) bond motifs is 1. The highest BCUT2D eigenvalue weighted by Crippen LogP contribution is 2.39. The van der Waals surface area contributed by atoms with Crippen molar-refractivity contribution in [3.8, 4) is 17.4 Å². The van der Waals surface area contributed by atoms with Crippen LogP contribution in [0.2, 0.25) is 0 Å². The van der Waals surface area contributed by atoms with Gasteiger partial charge in [-0.3, -0.25) is 9.59 Å². The van der Waals surface area contributed by atoms with Crippen molar-refractivity contribution in [1.82, 2.24) is 14.5 Å². The highest BCUT2D eigenvalue weighted by atomic mass is 16.5. The van der Waals surface area contributed by atoms with Gasteiger partial charge in [-0.15, -0.1) is 0 Å². The number of amides is 1. The molecule has 0 aliphatic heterocycles. The van der Waals surface area contributed by atoms with E-state index in [-0.39, 0.29) is 23.3 Å². The molecular formula is C33H28N4O4. The van der Waals surface area contributed by atoms with Gasteiger partial charge in [-0.25, -0.2) is 9.97 Å². The SMILES string of the molecule is O=C(Nc1c(OC(Cn2ccnc2)c2ccccc2)ccc2c1CCCC2=O)c1cccnc1Oc1ccccc1. The summed E-state index contributed by atoms with van der Waals surface area (Å²) >= 11 is 0. The van der Waals surface area contributed by atoms with Crippen LogP contribution in [0.4, 0.5) is 5.69 Å². The summed E-state index contributed by atoms with van der Waals surface area (Å²) in [6.45, 7) is 0.505. The predicted octanol–water partition coefficient (Wildman–Crippen LogP) is 6.66. The summed E-state index contributed by atoms with van der Waals surface area (Å²) in [5.41, 5.74) is 3.10. The van der Waals surface area contributed by atoms with Crippen LogP contribution in [0.1, 0.15) is 50.8 Å². The van der Waals surface area contributed by atoms with Gasteiger partial charge in [-0.05, 0) is 60.4 Å². The largest absolute Gasteiger partial charge is 0.482 e. The first kappa shape index (κ1) is 26.0. The average Bonchev–Trinajstić information content (AvgIpc) is 3.52. The average molecular weight is 545 g/mol. The lowest BCUT2D eigenvalue weighted by atomic mass is 9.89. The van der Waals surface area contributed by atoms with Gasteiger partial charge in [0, 0.05) is 30.6 Å². The van der Waals surface area contributed by atoms with Crippen molar-refractivity contribution in [1.29, 1.82) is 0 Å². The van der Waals surface area contributed by atoms with Crippen LogP contribution in [-0.2, 0) is 13.0 Å². The van der Waals surface area contributed by atoms with Gasteiger partial charge in [-0.1, -0.05) is 48.5 Å². The van der Waals surface area contributed by atoms with Gasteiger partial charge in [-0.2, -0.15) is 0 Å². The second-order valence-corrected chi connectivity index (χ2v) is 9.74. The molecule has 2 heterocycles. The molecule has 41 heavy (non-hydrogen) atoms. The summed E-state index contributed by atoms with van der Waals surface area (Å²) in [5, 5.41) is 3.06. The number of carbonyl (C=O) groups is 2. The zero-order chi connectivity index (χ0) is 28.0. The van der Waals surface area contributed by atoms with Crippen LogP contribution < -0.4 is 14.8 Å². The molecule has 2 aromatic heterocycles. The molecule has 0 spiro atoms. The molecule has 1 atom stereocenters. The van der Waals surface area contributed by atoms with E-state index in [1.807, 2.05) is 59.3 Å². The van der Waals surface area contributed by atoms with Gasteiger partial charge >= 0.3 is 0 Å². The fraction of sp³-hybridized carbons (Fsp3) is 0.152. The second kappa shape index (κ2) is 11.9. The Hall–Kier alpha value is -5.24. The van der Waals surface area contributed by atoms with Crippen molar-refractivity contribution >= 4 is 17.4 Å². The van der Waals surface area contributed by atoms with Crippen molar-refractivity contribution in [2.24, 2.45) is 0 Å². The number of ether oxygens (including phenoxy) is 2. The van der Waals surface area contributed by atoms with E-state index in [1.165, 1.54) is 0 Å². The Morgan fingerprint density at radius 1 is 0.927 bits per heavy atom. The summed E-state index contributed by atoms with van der Waals surface area (Å²) < 4.78 is 14.5. The van der Waals surface area contributed by atoms with E-state index in [9.17, 15) is 9.59 Å². The van der Waals surface area contributed by atoms with Crippen LogP contribution >= 0.6 is 0 Å². The number of para-hydroxylation sites is 1. The molecule has 1 aliphatic carbocycles. The maximum absolute atomic E-state index is 13.8. The van der Waals surface area contributed by atoms with Crippen LogP contribution in [0.3, 0.4) is 0 Å². The standard InChI is InChI=1S/C33H28N4O4/c38-28-15-7-13-26-25(28)16-17-29(41-30(21-37-20-19-34-22-37)23-9-3-1-4-10-23)31(26)36-32(39)27-14-8-18-35-33(27)40-24-11-5-2-6-12-24/h1-6,8-12,14,16-20,22,30H,7,13,15,21H2,(H,36,39). The second-order valence-electron chi connectivity index (χ2n) is 9.74. The molecule has 0 saturated carbocycles. The highest BCUT2D eigenvalue weighted by Gasteiger charge is 2.27. The first-order chi connectivity index (χ1) is 20.2. The van der Waals surface area contributed by atoms with E-state index in [4.69, 9.17) is 9.47 Å². The number of nitrogens with zero attached hydrogens (tertiary/aromatic N) is 3. The first-order valence-electron chi connectivity index (χ1n) is 13.5. The Bertz CT molecular complexity index is 1650. The monoisotopic (exact) mass is 544 g/mol. The smallest absolute Gasteiger partial charge is 0.261 e. The first-order valence-corrected chi connectivity index (χ1v) is 13.5. The summed E-state index contributed by atoms with van der Waals surface area (Å²) in [4.78, 5) is 35.1. The molecular weight excluding hydrogens is 516 g/mol. The van der Waals surface area contributed by atoms with E-state index in [0.717, 1.165) is 11.1 Å². The lowest BCUT2D eigenvalue weighted by molar-refractivity contribution is 0.0969. The van der Waals surface area contributed by atoms with Crippen LogP contribution in [0.15, 0.2) is 110 Å². The van der Waals surface area contributed by atoms with Crippen molar-refractivity contribution in [2.75, 3.05) is 5.32 Å². The molecule has 1 aliphatic rings. The zero-order valence-corrected chi connectivity index (χ0v) is 22.3. The number of pyridine rings is 1. The number of imidazole rings is 1. The van der Waals surface area contributed by atoms with Crippen LogP contribution in [-0.4, -0.2) is 26.2 Å². The van der Waals surface area contributed by atoms with Gasteiger partial charge in [0.2, 0.25) is 5.88 Å². The number of Topliss-reactive ketones (excluding diaryl/α,β-unsaturated/α-hetero) is 1. The van der Waals surface area contributed by atoms with Crippen molar-refractivity contribution < 1.29 is 19.1 Å². The number of anilines is 1. The molecule has 0 bridgehead atoms. The molecule has 8 nitrogen and oxygen atoms in total. The summed E-state index contributed by atoms with van der Waals surface area (Å²) in [5.74, 6) is 0.876. The molecule has 8 heteroatoms. The Kier molecular flexibility index (Phi) is 7.53. The Morgan fingerprint density at radius 3 is 2.51 bits per heavy atom. The van der Waals surface area contributed by atoms with E-state index in [2.05, 4.69) is 15.3 Å². The zero-order valence-electron chi connectivity index (χ0n) is 22.3.